The van der Waals surface area contributed by atoms with E-state index in [9.17, 15) is 0 Å². The van der Waals surface area contributed by atoms with E-state index in [1.165, 1.54) is 17.3 Å². The van der Waals surface area contributed by atoms with E-state index < -0.39 is 0 Å². The molecule has 108 valence electrons. The molecular formula is C15H13BrIN3S. The summed E-state index contributed by atoms with van der Waals surface area (Å²) in [5.41, 5.74) is 8.06. The zero-order chi connectivity index (χ0) is 15.1. The van der Waals surface area contributed by atoms with Crippen LogP contribution in [-0.2, 0) is 5.75 Å². The maximum Gasteiger partial charge on any atom is 0.180 e. The van der Waals surface area contributed by atoms with Gasteiger partial charge < -0.3 is 5.73 Å². The standard InChI is InChI=1S/C15H13BrIN3S/c16-13-7-4-8-14(17)12(13)9-19-20-15(18)21-10-11-5-2-1-3-6-11/h1-9H,10H2,(H2,18,20). The topological polar surface area (TPSA) is 50.7 Å². The highest BCUT2D eigenvalue weighted by atomic mass is 127. The molecule has 3 nitrogen and oxygen atoms in total. The minimum Gasteiger partial charge on any atom is -0.377 e. The van der Waals surface area contributed by atoms with Crippen molar-refractivity contribution in [2.24, 2.45) is 15.9 Å². The largest absolute Gasteiger partial charge is 0.377 e. The van der Waals surface area contributed by atoms with Crippen LogP contribution in [0, 0.1) is 3.57 Å². The Labute approximate surface area is 150 Å². The number of hydrogen-bond acceptors (Lipinski definition) is 3. The van der Waals surface area contributed by atoms with Gasteiger partial charge in [0.25, 0.3) is 0 Å². The molecule has 2 N–H and O–H groups in total. The van der Waals surface area contributed by atoms with Crippen LogP contribution in [0.5, 0.6) is 0 Å². The highest BCUT2D eigenvalue weighted by molar-refractivity contribution is 14.1. The third kappa shape index (κ3) is 5.44. The monoisotopic (exact) mass is 473 g/mol. The van der Waals surface area contributed by atoms with Gasteiger partial charge in [-0.15, -0.1) is 5.10 Å². The first kappa shape index (κ1) is 16.5. The second-order valence-electron chi connectivity index (χ2n) is 4.09. The number of thioether (sulfide) groups is 1. The molecular weight excluding hydrogens is 461 g/mol. The van der Waals surface area contributed by atoms with Crippen molar-refractivity contribution in [1.29, 1.82) is 0 Å². The molecule has 0 radical (unpaired) electrons. The van der Waals surface area contributed by atoms with Crippen LogP contribution in [0.2, 0.25) is 0 Å². The first-order valence-corrected chi connectivity index (χ1v) is 9.00. The summed E-state index contributed by atoms with van der Waals surface area (Å²) in [6, 6.07) is 16.1. The molecule has 0 aromatic heterocycles. The normalized spacial score (nSPS) is 12.0. The molecule has 21 heavy (non-hydrogen) atoms. The number of nitrogens with two attached hydrogens (primary N) is 1. The van der Waals surface area contributed by atoms with E-state index in [2.05, 4.69) is 60.9 Å². The molecule has 0 unspecified atom stereocenters. The molecule has 0 aliphatic carbocycles. The van der Waals surface area contributed by atoms with E-state index in [0.29, 0.717) is 5.17 Å². The molecule has 2 aromatic rings. The van der Waals surface area contributed by atoms with Crippen LogP contribution < -0.4 is 5.73 Å². The van der Waals surface area contributed by atoms with Gasteiger partial charge in [-0.1, -0.05) is 64.1 Å². The highest BCUT2D eigenvalue weighted by Gasteiger charge is 2.01. The van der Waals surface area contributed by atoms with Crippen LogP contribution in [0.1, 0.15) is 11.1 Å². The second-order valence-corrected chi connectivity index (χ2v) is 7.10. The fourth-order valence-corrected chi connectivity index (χ4v) is 3.63. The summed E-state index contributed by atoms with van der Waals surface area (Å²) in [5, 5.41) is 8.53. The van der Waals surface area contributed by atoms with Gasteiger partial charge in [0.2, 0.25) is 0 Å². The Morgan fingerprint density at radius 2 is 1.95 bits per heavy atom. The van der Waals surface area contributed by atoms with Gasteiger partial charge in [0.1, 0.15) is 0 Å². The summed E-state index contributed by atoms with van der Waals surface area (Å²) in [5.74, 6) is 0.790. The lowest BCUT2D eigenvalue weighted by molar-refractivity contribution is 1.25. The van der Waals surface area contributed by atoms with Crippen molar-refractivity contribution in [3.8, 4) is 0 Å². The molecule has 2 rings (SSSR count). The first-order valence-electron chi connectivity index (χ1n) is 6.14. The number of halogens is 2. The summed E-state index contributed by atoms with van der Waals surface area (Å²) < 4.78 is 2.10. The molecule has 0 bridgehead atoms. The van der Waals surface area contributed by atoms with Gasteiger partial charge in [-0.25, -0.2) is 0 Å². The van der Waals surface area contributed by atoms with Gasteiger partial charge in [0.15, 0.2) is 5.17 Å². The molecule has 0 heterocycles. The molecule has 6 heteroatoms. The van der Waals surface area contributed by atoms with Crippen molar-refractivity contribution in [2.75, 3.05) is 0 Å². The quantitative estimate of drug-likeness (QED) is 0.304. The van der Waals surface area contributed by atoms with E-state index in [-0.39, 0.29) is 0 Å². The van der Waals surface area contributed by atoms with Crippen LogP contribution in [0.3, 0.4) is 0 Å². The summed E-state index contributed by atoms with van der Waals surface area (Å²) in [7, 11) is 0. The zero-order valence-electron chi connectivity index (χ0n) is 11.0. The SMILES string of the molecule is NC(=NN=Cc1c(Br)cccc1I)SCc1ccccc1. The smallest absolute Gasteiger partial charge is 0.180 e. The number of benzene rings is 2. The van der Waals surface area contributed by atoms with Crippen LogP contribution in [0.25, 0.3) is 0 Å². The van der Waals surface area contributed by atoms with Gasteiger partial charge >= 0.3 is 0 Å². The van der Waals surface area contributed by atoms with E-state index in [1.807, 2.05) is 36.4 Å². The number of nitrogens with zero attached hydrogens (tertiary/aromatic N) is 2. The van der Waals surface area contributed by atoms with Crippen LogP contribution in [-0.4, -0.2) is 11.4 Å². The number of hydrogen-bond donors (Lipinski definition) is 1. The van der Waals surface area contributed by atoms with E-state index in [4.69, 9.17) is 5.73 Å². The van der Waals surface area contributed by atoms with Crippen LogP contribution in [0.15, 0.2) is 63.2 Å². The third-order valence-electron chi connectivity index (χ3n) is 2.57. The van der Waals surface area contributed by atoms with Crippen molar-refractivity contribution in [1.82, 2.24) is 0 Å². The second kappa shape index (κ2) is 8.55. The van der Waals surface area contributed by atoms with Gasteiger partial charge in [-0.05, 0) is 40.3 Å². The minimum absolute atomic E-state index is 0.456. The van der Waals surface area contributed by atoms with Crippen LogP contribution in [0.4, 0.5) is 0 Å². The fourth-order valence-electron chi connectivity index (χ4n) is 1.54. The van der Waals surface area contributed by atoms with Gasteiger partial charge in [0, 0.05) is 19.4 Å². The fraction of sp³-hybridized carbons (Fsp3) is 0.0667. The number of rotatable bonds is 4. The van der Waals surface area contributed by atoms with E-state index in [0.717, 1.165) is 19.4 Å². The van der Waals surface area contributed by atoms with Crippen molar-refractivity contribution in [3.63, 3.8) is 0 Å². The number of amidine groups is 1. The molecule has 2 aromatic carbocycles. The van der Waals surface area contributed by atoms with Crippen molar-refractivity contribution >= 4 is 61.7 Å². The average Bonchev–Trinajstić information content (AvgIpc) is 2.49. The van der Waals surface area contributed by atoms with Crippen molar-refractivity contribution in [3.05, 3.63) is 67.7 Å². The summed E-state index contributed by atoms with van der Waals surface area (Å²) in [4.78, 5) is 0. The van der Waals surface area contributed by atoms with Crippen molar-refractivity contribution < 1.29 is 0 Å². The predicted octanol–water partition coefficient (Wildman–Crippen LogP) is 4.64. The average molecular weight is 474 g/mol. The third-order valence-corrected chi connectivity index (χ3v) is 5.06. The molecule has 0 aliphatic heterocycles. The summed E-state index contributed by atoms with van der Waals surface area (Å²) in [6.07, 6.45) is 1.71. The Kier molecular flexibility index (Phi) is 6.72. The summed E-state index contributed by atoms with van der Waals surface area (Å²) in [6.45, 7) is 0. The lowest BCUT2D eigenvalue weighted by Crippen LogP contribution is -2.06. The maximum atomic E-state index is 5.85. The molecule has 0 aliphatic rings. The Morgan fingerprint density at radius 1 is 1.19 bits per heavy atom. The van der Waals surface area contributed by atoms with Gasteiger partial charge in [-0.3, -0.25) is 0 Å². The molecule has 0 spiro atoms. The first-order chi connectivity index (χ1) is 10.2. The molecule has 0 fully saturated rings. The molecule has 0 saturated carbocycles. The highest BCUT2D eigenvalue weighted by Crippen LogP contribution is 2.20. The Morgan fingerprint density at radius 3 is 2.67 bits per heavy atom. The summed E-state index contributed by atoms with van der Waals surface area (Å²) >= 11 is 7.23. The Hall–Kier alpha value is -0.860. The van der Waals surface area contributed by atoms with E-state index in [1.54, 1.807) is 6.21 Å². The van der Waals surface area contributed by atoms with Gasteiger partial charge in [-0.2, -0.15) is 5.10 Å². The Balaban J connectivity index is 1.95. The maximum absolute atomic E-state index is 5.85. The lowest BCUT2D eigenvalue weighted by Gasteiger charge is -2.00. The molecule has 0 amide bonds. The molecule has 0 atom stereocenters. The van der Waals surface area contributed by atoms with Crippen LogP contribution >= 0.6 is 50.3 Å². The lowest BCUT2D eigenvalue weighted by atomic mass is 10.2. The zero-order valence-corrected chi connectivity index (χ0v) is 15.6. The predicted molar refractivity (Wildman–Crippen MR) is 104 cm³/mol. The van der Waals surface area contributed by atoms with Crippen molar-refractivity contribution in [2.45, 2.75) is 5.75 Å². The van der Waals surface area contributed by atoms with E-state index >= 15 is 0 Å². The minimum atomic E-state index is 0.456. The molecule has 0 saturated heterocycles. The van der Waals surface area contributed by atoms with Gasteiger partial charge in [0.05, 0.1) is 6.21 Å². The Bertz CT molecular complexity index is 639.